The molecule has 0 aliphatic rings. The number of hydrogen-bond acceptors (Lipinski definition) is 5. The van der Waals surface area contributed by atoms with E-state index in [4.69, 9.17) is 14.9 Å². The van der Waals surface area contributed by atoms with Crippen LogP contribution in [0.2, 0.25) is 0 Å². The molecule has 1 aromatic heterocycles. The summed E-state index contributed by atoms with van der Waals surface area (Å²) in [4.78, 5) is 24.1. The van der Waals surface area contributed by atoms with E-state index in [0.717, 1.165) is 16.5 Å². The first-order valence-corrected chi connectivity index (χ1v) is 8.45. The number of nitrogen functional groups attached to an aromatic ring is 1. The highest BCUT2D eigenvalue weighted by Crippen LogP contribution is 2.27. The van der Waals surface area contributed by atoms with Gasteiger partial charge in [0.05, 0.1) is 5.56 Å². The van der Waals surface area contributed by atoms with Gasteiger partial charge in [0.15, 0.2) is 0 Å². The van der Waals surface area contributed by atoms with Crippen molar-refractivity contribution in [1.82, 2.24) is 0 Å². The Morgan fingerprint density at radius 3 is 2.50 bits per heavy atom. The second-order valence-corrected chi connectivity index (χ2v) is 6.65. The van der Waals surface area contributed by atoms with Crippen LogP contribution in [0.15, 0.2) is 51.7 Å². The lowest BCUT2D eigenvalue weighted by Gasteiger charge is -2.13. The second-order valence-electron chi connectivity index (χ2n) is 6.65. The maximum absolute atomic E-state index is 12.2. The molecule has 0 amide bonds. The molecular formula is C21H21NO4. The Morgan fingerprint density at radius 1 is 1.15 bits per heavy atom. The summed E-state index contributed by atoms with van der Waals surface area (Å²) in [6.07, 6.45) is 0. The molecule has 2 aromatic carbocycles. The summed E-state index contributed by atoms with van der Waals surface area (Å²) in [7, 11) is 0. The Kier molecular flexibility index (Phi) is 4.80. The van der Waals surface area contributed by atoms with Crippen molar-refractivity contribution in [1.29, 1.82) is 0 Å². The molecule has 3 aromatic rings. The van der Waals surface area contributed by atoms with Crippen molar-refractivity contribution in [3.63, 3.8) is 0 Å². The predicted octanol–water partition coefficient (Wildman–Crippen LogP) is 4.16. The number of anilines is 1. The van der Waals surface area contributed by atoms with Gasteiger partial charge in [-0.25, -0.2) is 9.59 Å². The average Bonchev–Trinajstić information content (AvgIpc) is 2.59. The van der Waals surface area contributed by atoms with Gasteiger partial charge in [0.1, 0.15) is 12.2 Å². The number of esters is 1. The minimum absolute atomic E-state index is 0.00803. The third kappa shape index (κ3) is 3.61. The smallest absolute Gasteiger partial charge is 0.338 e. The van der Waals surface area contributed by atoms with E-state index < -0.39 is 11.6 Å². The third-order valence-electron chi connectivity index (χ3n) is 4.34. The van der Waals surface area contributed by atoms with Crippen LogP contribution in [0.5, 0.6) is 0 Å². The van der Waals surface area contributed by atoms with Gasteiger partial charge >= 0.3 is 11.6 Å². The molecule has 2 N–H and O–H groups in total. The van der Waals surface area contributed by atoms with E-state index in [0.29, 0.717) is 28.3 Å². The Bertz CT molecular complexity index is 1020. The highest BCUT2D eigenvalue weighted by molar-refractivity contribution is 5.90. The Morgan fingerprint density at radius 2 is 1.85 bits per heavy atom. The average molecular weight is 351 g/mol. The lowest BCUT2D eigenvalue weighted by molar-refractivity contribution is 0.0474. The van der Waals surface area contributed by atoms with Crippen LogP contribution in [0.1, 0.15) is 46.8 Å². The fourth-order valence-corrected chi connectivity index (χ4v) is 2.98. The Hall–Kier alpha value is -3.08. The monoisotopic (exact) mass is 351 g/mol. The van der Waals surface area contributed by atoms with Crippen LogP contribution in [-0.4, -0.2) is 5.97 Å². The summed E-state index contributed by atoms with van der Waals surface area (Å²) in [5.74, 6) is -0.140. The first-order chi connectivity index (χ1) is 12.3. The van der Waals surface area contributed by atoms with E-state index in [1.165, 1.54) is 6.07 Å². The number of rotatable bonds is 4. The molecule has 0 spiro atoms. The number of ether oxygens (including phenoxy) is 1. The Labute approximate surface area is 151 Å². The van der Waals surface area contributed by atoms with Crippen molar-refractivity contribution in [2.45, 2.75) is 33.3 Å². The van der Waals surface area contributed by atoms with Gasteiger partial charge < -0.3 is 14.9 Å². The number of aryl methyl sites for hydroxylation is 1. The Balaban J connectivity index is 1.93. The molecule has 0 saturated carbocycles. The van der Waals surface area contributed by atoms with E-state index >= 15 is 0 Å². The fraction of sp³-hybridized carbons (Fsp3) is 0.238. The van der Waals surface area contributed by atoms with E-state index in [9.17, 15) is 9.59 Å². The lowest BCUT2D eigenvalue weighted by atomic mass is 9.95. The molecule has 0 fully saturated rings. The summed E-state index contributed by atoms with van der Waals surface area (Å²) in [5.41, 5.74) is 9.49. The number of nitrogens with two attached hydrogens (primary N) is 1. The number of carbonyl (C=O) groups excluding carboxylic acids is 1. The number of carbonyl (C=O) groups is 1. The molecule has 5 nitrogen and oxygen atoms in total. The molecule has 1 heterocycles. The molecule has 0 aliphatic heterocycles. The zero-order valence-corrected chi connectivity index (χ0v) is 15.0. The molecule has 0 radical (unpaired) electrons. The second kappa shape index (κ2) is 7.04. The van der Waals surface area contributed by atoms with Crippen LogP contribution < -0.4 is 11.4 Å². The fourth-order valence-electron chi connectivity index (χ4n) is 2.98. The van der Waals surface area contributed by atoms with Crippen molar-refractivity contribution >= 4 is 22.6 Å². The number of benzene rings is 2. The maximum atomic E-state index is 12.2. The van der Waals surface area contributed by atoms with Crippen LogP contribution in [0.25, 0.3) is 11.0 Å². The van der Waals surface area contributed by atoms with Crippen molar-refractivity contribution < 1.29 is 13.9 Å². The van der Waals surface area contributed by atoms with Gasteiger partial charge in [-0.05, 0) is 60.4 Å². The van der Waals surface area contributed by atoms with Gasteiger partial charge in [-0.1, -0.05) is 13.8 Å². The minimum Gasteiger partial charge on any atom is -0.457 e. The molecule has 134 valence electrons. The molecule has 0 atom stereocenters. The van der Waals surface area contributed by atoms with E-state index in [1.807, 2.05) is 19.1 Å². The van der Waals surface area contributed by atoms with Crippen LogP contribution in [0, 0.1) is 6.92 Å². The lowest BCUT2D eigenvalue weighted by Crippen LogP contribution is -2.08. The van der Waals surface area contributed by atoms with Crippen LogP contribution in [0.4, 0.5) is 5.69 Å². The van der Waals surface area contributed by atoms with Gasteiger partial charge in [0.25, 0.3) is 0 Å². The summed E-state index contributed by atoms with van der Waals surface area (Å²) in [5, 5.41) is 0.781. The topological polar surface area (TPSA) is 82.5 Å². The highest BCUT2D eigenvalue weighted by Gasteiger charge is 2.13. The molecule has 26 heavy (non-hydrogen) atoms. The van der Waals surface area contributed by atoms with Gasteiger partial charge in [0, 0.05) is 22.7 Å². The molecule has 3 rings (SSSR count). The molecule has 0 aliphatic carbocycles. The zero-order valence-electron chi connectivity index (χ0n) is 15.0. The van der Waals surface area contributed by atoms with Gasteiger partial charge in [-0.3, -0.25) is 0 Å². The van der Waals surface area contributed by atoms with Crippen LogP contribution in [0.3, 0.4) is 0 Å². The molecule has 0 bridgehead atoms. The number of fused-ring (bicyclic) bond motifs is 1. The van der Waals surface area contributed by atoms with Gasteiger partial charge in [0.2, 0.25) is 0 Å². The third-order valence-corrected chi connectivity index (χ3v) is 4.34. The summed E-state index contributed by atoms with van der Waals surface area (Å²) < 4.78 is 10.7. The standard InChI is InChI=1S/C21H21NO4/c1-12(2)17-10-18-15(9-20(23)26-19(18)8-13(17)3)11-25-21(24)14-4-6-16(22)7-5-14/h4-10,12H,11,22H2,1-3H3. The maximum Gasteiger partial charge on any atom is 0.338 e. The van der Waals surface area contributed by atoms with Crippen LogP contribution in [-0.2, 0) is 11.3 Å². The largest absolute Gasteiger partial charge is 0.457 e. The molecule has 0 saturated heterocycles. The predicted molar refractivity (Wildman–Crippen MR) is 101 cm³/mol. The number of hydrogen-bond donors (Lipinski definition) is 1. The SMILES string of the molecule is Cc1cc2oc(=O)cc(COC(=O)c3ccc(N)cc3)c2cc1C(C)C. The van der Waals surface area contributed by atoms with E-state index in [1.54, 1.807) is 24.3 Å². The van der Waals surface area contributed by atoms with Gasteiger partial charge in [-0.15, -0.1) is 0 Å². The summed E-state index contributed by atoms with van der Waals surface area (Å²) in [6.45, 7) is 6.19. The summed E-state index contributed by atoms with van der Waals surface area (Å²) in [6, 6.07) is 11.7. The van der Waals surface area contributed by atoms with Crippen molar-refractivity contribution in [3.8, 4) is 0 Å². The molecule has 5 heteroatoms. The van der Waals surface area contributed by atoms with Gasteiger partial charge in [-0.2, -0.15) is 0 Å². The quantitative estimate of drug-likeness (QED) is 0.433. The van der Waals surface area contributed by atoms with Crippen molar-refractivity contribution in [2.75, 3.05) is 5.73 Å². The minimum atomic E-state index is -0.470. The van der Waals surface area contributed by atoms with E-state index in [2.05, 4.69) is 13.8 Å². The summed E-state index contributed by atoms with van der Waals surface area (Å²) >= 11 is 0. The van der Waals surface area contributed by atoms with Crippen molar-refractivity contribution in [3.05, 3.63) is 75.1 Å². The van der Waals surface area contributed by atoms with Crippen LogP contribution >= 0.6 is 0 Å². The van der Waals surface area contributed by atoms with Crippen molar-refractivity contribution in [2.24, 2.45) is 0 Å². The molecular weight excluding hydrogens is 330 g/mol. The zero-order chi connectivity index (χ0) is 18.8. The first kappa shape index (κ1) is 17.7. The highest BCUT2D eigenvalue weighted by atomic mass is 16.5. The molecule has 0 unspecified atom stereocenters. The van der Waals surface area contributed by atoms with E-state index in [-0.39, 0.29) is 6.61 Å². The normalized spacial score (nSPS) is 11.1. The first-order valence-electron chi connectivity index (χ1n) is 8.45.